The minimum Gasteiger partial charge on any atom is -0.497 e. The summed E-state index contributed by atoms with van der Waals surface area (Å²) in [6.07, 6.45) is 0. The summed E-state index contributed by atoms with van der Waals surface area (Å²) in [5.41, 5.74) is 0.602. The number of amides is 4. The van der Waals surface area contributed by atoms with E-state index < -0.39 is 6.04 Å². The number of nitrogens with zero attached hydrogens (tertiary/aromatic N) is 3. The van der Waals surface area contributed by atoms with Gasteiger partial charge >= 0.3 is 6.03 Å². The molecule has 2 aliphatic rings. The number of ether oxygens (including phenoxy) is 1. The predicted molar refractivity (Wildman–Crippen MR) is 90.4 cm³/mol. The SMILES string of the molecule is COc1ccc(C(=O)N2CCN(C(=O)[C@H]3CN(C)C(=O)N3)CC2)cc1. The van der Waals surface area contributed by atoms with Crippen molar-refractivity contribution >= 4 is 17.8 Å². The predicted octanol–water partition coefficient (Wildman–Crippen LogP) is 0.00320. The van der Waals surface area contributed by atoms with Crippen LogP contribution in [0.3, 0.4) is 0 Å². The van der Waals surface area contributed by atoms with E-state index in [2.05, 4.69) is 5.32 Å². The minimum atomic E-state index is -0.499. The molecule has 0 unspecified atom stereocenters. The van der Waals surface area contributed by atoms with Crippen LogP contribution in [0.4, 0.5) is 4.79 Å². The molecule has 1 atom stereocenters. The average Bonchev–Trinajstić information content (AvgIpc) is 2.99. The number of rotatable bonds is 3. The Morgan fingerprint density at radius 1 is 1.08 bits per heavy atom. The van der Waals surface area contributed by atoms with Crippen molar-refractivity contribution in [3.63, 3.8) is 0 Å². The molecule has 25 heavy (non-hydrogen) atoms. The Balaban J connectivity index is 1.55. The third-order valence-corrected chi connectivity index (χ3v) is 4.61. The van der Waals surface area contributed by atoms with Gasteiger partial charge in [-0.3, -0.25) is 9.59 Å². The fourth-order valence-corrected chi connectivity index (χ4v) is 3.07. The van der Waals surface area contributed by atoms with Crippen LogP contribution in [-0.4, -0.2) is 85.5 Å². The molecule has 8 nitrogen and oxygen atoms in total. The molecule has 2 saturated heterocycles. The van der Waals surface area contributed by atoms with Crippen molar-refractivity contribution in [2.75, 3.05) is 46.9 Å². The minimum absolute atomic E-state index is 0.0522. The number of benzene rings is 1. The van der Waals surface area contributed by atoms with E-state index >= 15 is 0 Å². The van der Waals surface area contributed by atoms with Crippen LogP contribution in [0.25, 0.3) is 0 Å². The van der Waals surface area contributed by atoms with E-state index in [1.54, 1.807) is 48.2 Å². The molecule has 3 rings (SSSR count). The lowest BCUT2D eigenvalue weighted by Crippen LogP contribution is -2.54. The fourth-order valence-electron chi connectivity index (χ4n) is 3.07. The van der Waals surface area contributed by atoms with Gasteiger partial charge in [-0.2, -0.15) is 0 Å². The molecule has 134 valence electrons. The van der Waals surface area contributed by atoms with Crippen molar-refractivity contribution in [1.29, 1.82) is 0 Å². The normalized spacial score (nSPS) is 20.5. The number of nitrogens with one attached hydrogen (secondary N) is 1. The molecule has 1 N–H and O–H groups in total. The van der Waals surface area contributed by atoms with Gasteiger partial charge in [0.25, 0.3) is 5.91 Å². The summed E-state index contributed by atoms with van der Waals surface area (Å²) in [6.45, 7) is 2.27. The topological polar surface area (TPSA) is 82.2 Å². The highest BCUT2D eigenvalue weighted by Gasteiger charge is 2.35. The molecule has 0 spiro atoms. The maximum Gasteiger partial charge on any atom is 0.317 e. The number of hydrogen-bond donors (Lipinski definition) is 1. The first kappa shape index (κ1) is 17.1. The van der Waals surface area contributed by atoms with Crippen molar-refractivity contribution < 1.29 is 19.1 Å². The molecule has 8 heteroatoms. The molecule has 2 heterocycles. The summed E-state index contributed by atoms with van der Waals surface area (Å²) in [5.74, 6) is 0.563. The first-order valence-corrected chi connectivity index (χ1v) is 8.23. The maximum atomic E-state index is 12.5. The highest BCUT2D eigenvalue weighted by molar-refractivity contribution is 5.95. The van der Waals surface area contributed by atoms with E-state index in [1.807, 2.05) is 0 Å². The van der Waals surface area contributed by atoms with E-state index in [4.69, 9.17) is 4.74 Å². The largest absolute Gasteiger partial charge is 0.497 e. The second-order valence-electron chi connectivity index (χ2n) is 6.23. The zero-order chi connectivity index (χ0) is 18.0. The molecule has 0 radical (unpaired) electrons. The summed E-state index contributed by atoms with van der Waals surface area (Å²) >= 11 is 0. The van der Waals surface area contributed by atoms with E-state index in [-0.39, 0.29) is 17.8 Å². The van der Waals surface area contributed by atoms with Gasteiger partial charge in [0.1, 0.15) is 11.8 Å². The third-order valence-electron chi connectivity index (χ3n) is 4.61. The van der Waals surface area contributed by atoms with Gasteiger partial charge < -0.3 is 24.8 Å². The number of carbonyl (C=O) groups excluding carboxylic acids is 3. The highest BCUT2D eigenvalue weighted by atomic mass is 16.5. The van der Waals surface area contributed by atoms with Gasteiger partial charge in [-0.15, -0.1) is 0 Å². The molecule has 2 fully saturated rings. The van der Waals surface area contributed by atoms with E-state index in [0.717, 1.165) is 0 Å². The highest BCUT2D eigenvalue weighted by Crippen LogP contribution is 2.15. The van der Waals surface area contributed by atoms with Gasteiger partial charge in [0, 0.05) is 38.8 Å². The molecule has 2 aliphatic heterocycles. The lowest BCUT2D eigenvalue weighted by molar-refractivity contribution is -0.134. The number of likely N-dealkylation sites (N-methyl/N-ethyl adjacent to an activating group) is 1. The van der Waals surface area contributed by atoms with Gasteiger partial charge in [-0.05, 0) is 24.3 Å². The number of piperazine rings is 1. The lowest BCUT2D eigenvalue weighted by Gasteiger charge is -2.35. The van der Waals surface area contributed by atoms with Crippen LogP contribution < -0.4 is 10.1 Å². The van der Waals surface area contributed by atoms with Crippen molar-refractivity contribution in [3.8, 4) is 5.75 Å². The Kier molecular flexibility index (Phi) is 4.78. The molecule has 0 bridgehead atoms. The second-order valence-corrected chi connectivity index (χ2v) is 6.23. The number of methoxy groups -OCH3 is 1. The average molecular weight is 346 g/mol. The van der Waals surface area contributed by atoms with Gasteiger partial charge in [0.15, 0.2) is 0 Å². The van der Waals surface area contributed by atoms with Crippen molar-refractivity contribution in [2.24, 2.45) is 0 Å². The Morgan fingerprint density at radius 3 is 2.20 bits per heavy atom. The van der Waals surface area contributed by atoms with Crippen LogP contribution in [0.2, 0.25) is 0 Å². The number of hydrogen-bond acceptors (Lipinski definition) is 4. The van der Waals surface area contributed by atoms with Crippen LogP contribution in [-0.2, 0) is 4.79 Å². The van der Waals surface area contributed by atoms with Gasteiger partial charge in [-0.1, -0.05) is 0 Å². The van der Waals surface area contributed by atoms with Crippen molar-refractivity contribution in [1.82, 2.24) is 20.0 Å². The zero-order valence-electron chi connectivity index (χ0n) is 14.4. The molecule has 1 aromatic carbocycles. The summed E-state index contributed by atoms with van der Waals surface area (Å²) < 4.78 is 5.10. The second kappa shape index (κ2) is 7.00. The van der Waals surface area contributed by atoms with Crippen molar-refractivity contribution in [2.45, 2.75) is 6.04 Å². The molecule has 0 saturated carbocycles. The summed E-state index contributed by atoms with van der Waals surface area (Å²) in [5, 5.41) is 2.67. The summed E-state index contributed by atoms with van der Waals surface area (Å²) in [7, 11) is 3.24. The first-order chi connectivity index (χ1) is 12.0. The smallest absolute Gasteiger partial charge is 0.317 e. The number of urea groups is 1. The Labute approximate surface area is 146 Å². The van der Waals surface area contributed by atoms with Crippen LogP contribution in [0, 0.1) is 0 Å². The van der Waals surface area contributed by atoms with Crippen molar-refractivity contribution in [3.05, 3.63) is 29.8 Å². The monoisotopic (exact) mass is 346 g/mol. The van der Waals surface area contributed by atoms with Gasteiger partial charge in [-0.25, -0.2) is 4.79 Å². The van der Waals surface area contributed by atoms with E-state index in [9.17, 15) is 14.4 Å². The molecule has 1 aromatic rings. The van der Waals surface area contributed by atoms with Gasteiger partial charge in [0.2, 0.25) is 5.91 Å². The standard InChI is InChI=1S/C17H22N4O4/c1-19-11-14(18-17(19)24)16(23)21-9-7-20(8-10-21)15(22)12-3-5-13(25-2)6-4-12/h3-6,14H,7-11H2,1-2H3,(H,18,24)/t14-/m1/s1. The van der Waals surface area contributed by atoms with E-state index in [1.165, 1.54) is 4.90 Å². The van der Waals surface area contributed by atoms with Gasteiger partial charge in [0.05, 0.1) is 13.7 Å². The van der Waals surface area contributed by atoms with Crippen LogP contribution in [0.15, 0.2) is 24.3 Å². The first-order valence-electron chi connectivity index (χ1n) is 8.23. The zero-order valence-corrected chi connectivity index (χ0v) is 14.4. The molecule has 4 amide bonds. The third kappa shape index (κ3) is 3.52. The van der Waals surface area contributed by atoms with E-state index in [0.29, 0.717) is 44.0 Å². The molecule has 0 aliphatic carbocycles. The maximum absolute atomic E-state index is 12.5. The van der Waals surface area contributed by atoms with Crippen LogP contribution in [0.5, 0.6) is 5.75 Å². The quantitative estimate of drug-likeness (QED) is 0.835. The number of carbonyl (C=O) groups is 3. The molecule has 0 aromatic heterocycles. The Hall–Kier alpha value is -2.77. The Morgan fingerprint density at radius 2 is 1.68 bits per heavy atom. The molecular weight excluding hydrogens is 324 g/mol. The fraction of sp³-hybridized carbons (Fsp3) is 0.471. The van der Waals surface area contributed by atoms with Crippen LogP contribution >= 0.6 is 0 Å². The van der Waals surface area contributed by atoms with Crippen LogP contribution in [0.1, 0.15) is 10.4 Å². The lowest BCUT2D eigenvalue weighted by atomic mass is 10.1. The summed E-state index contributed by atoms with van der Waals surface area (Å²) in [4.78, 5) is 41.5. The summed E-state index contributed by atoms with van der Waals surface area (Å²) in [6, 6.07) is 6.26. The Bertz CT molecular complexity index is 668. The molecular formula is C17H22N4O4.